The van der Waals surface area contributed by atoms with Gasteiger partial charge in [-0.2, -0.15) is 5.10 Å². The van der Waals surface area contributed by atoms with Crippen LogP contribution in [0, 0.1) is 0 Å². The predicted octanol–water partition coefficient (Wildman–Crippen LogP) is 1.73. The summed E-state index contributed by atoms with van der Waals surface area (Å²) in [6.07, 6.45) is 7.13. The molecule has 0 fully saturated rings. The Balaban J connectivity index is 1.80. The SMILES string of the molecule is CC(C)(C)c1cc2c(NCCn3ccnn3)nccn2n1. The van der Waals surface area contributed by atoms with Gasteiger partial charge in [-0.05, 0) is 6.07 Å². The fourth-order valence-corrected chi connectivity index (χ4v) is 2.07. The summed E-state index contributed by atoms with van der Waals surface area (Å²) in [5.74, 6) is 0.834. The summed E-state index contributed by atoms with van der Waals surface area (Å²) in [6.45, 7) is 7.93. The molecule has 0 aliphatic rings. The van der Waals surface area contributed by atoms with E-state index in [0.29, 0.717) is 0 Å². The number of hydrogen-bond acceptors (Lipinski definition) is 5. The molecule has 0 spiro atoms. The Labute approximate surface area is 123 Å². The van der Waals surface area contributed by atoms with Gasteiger partial charge in [-0.3, -0.25) is 4.68 Å². The van der Waals surface area contributed by atoms with Crippen molar-refractivity contribution in [2.45, 2.75) is 32.7 Å². The lowest BCUT2D eigenvalue weighted by atomic mass is 9.92. The number of aromatic nitrogens is 6. The second-order valence-electron chi connectivity index (χ2n) is 5.98. The van der Waals surface area contributed by atoms with Gasteiger partial charge in [-0.15, -0.1) is 5.10 Å². The first-order chi connectivity index (χ1) is 10.0. The van der Waals surface area contributed by atoms with Gasteiger partial charge < -0.3 is 5.32 Å². The van der Waals surface area contributed by atoms with E-state index in [1.807, 2.05) is 16.9 Å². The zero-order chi connectivity index (χ0) is 14.9. The molecule has 0 saturated heterocycles. The highest BCUT2D eigenvalue weighted by molar-refractivity contribution is 5.68. The van der Waals surface area contributed by atoms with Gasteiger partial charge >= 0.3 is 0 Å². The van der Waals surface area contributed by atoms with Crippen LogP contribution in [0.1, 0.15) is 26.5 Å². The Morgan fingerprint density at radius 2 is 2.05 bits per heavy atom. The zero-order valence-corrected chi connectivity index (χ0v) is 12.5. The normalized spacial score (nSPS) is 12.0. The number of nitrogens with zero attached hydrogens (tertiary/aromatic N) is 6. The van der Waals surface area contributed by atoms with Gasteiger partial charge in [0.15, 0.2) is 5.82 Å². The first kappa shape index (κ1) is 13.5. The number of anilines is 1. The monoisotopic (exact) mass is 285 g/mol. The molecule has 0 atom stereocenters. The molecule has 21 heavy (non-hydrogen) atoms. The molecular weight excluding hydrogens is 266 g/mol. The Morgan fingerprint density at radius 3 is 2.76 bits per heavy atom. The van der Waals surface area contributed by atoms with E-state index in [-0.39, 0.29) is 5.41 Å². The smallest absolute Gasteiger partial charge is 0.152 e. The van der Waals surface area contributed by atoms with E-state index in [1.54, 1.807) is 17.1 Å². The van der Waals surface area contributed by atoms with Crippen LogP contribution in [0.25, 0.3) is 5.52 Å². The summed E-state index contributed by atoms with van der Waals surface area (Å²) in [4.78, 5) is 4.40. The highest BCUT2D eigenvalue weighted by atomic mass is 15.4. The van der Waals surface area contributed by atoms with Gasteiger partial charge in [-0.25, -0.2) is 9.50 Å². The summed E-state index contributed by atoms with van der Waals surface area (Å²) < 4.78 is 3.65. The van der Waals surface area contributed by atoms with Crippen LogP contribution in [-0.4, -0.2) is 36.1 Å². The molecule has 0 amide bonds. The molecule has 3 aromatic rings. The van der Waals surface area contributed by atoms with E-state index in [0.717, 1.165) is 30.1 Å². The van der Waals surface area contributed by atoms with Crippen LogP contribution in [0.3, 0.4) is 0 Å². The minimum atomic E-state index is 0.0179. The van der Waals surface area contributed by atoms with Crippen LogP contribution >= 0.6 is 0 Å². The minimum absolute atomic E-state index is 0.0179. The molecule has 110 valence electrons. The first-order valence-electron chi connectivity index (χ1n) is 6.97. The molecule has 0 unspecified atom stereocenters. The number of nitrogens with one attached hydrogen (secondary N) is 1. The summed E-state index contributed by atoms with van der Waals surface area (Å²) in [6, 6.07) is 2.09. The van der Waals surface area contributed by atoms with Crippen LogP contribution in [0.4, 0.5) is 5.82 Å². The van der Waals surface area contributed by atoms with E-state index in [1.165, 1.54) is 0 Å². The summed E-state index contributed by atoms with van der Waals surface area (Å²) in [7, 11) is 0. The topological polar surface area (TPSA) is 72.9 Å². The van der Waals surface area contributed by atoms with Crippen molar-refractivity contribution in [1.82, 2.24) is 29.6 Å². The van der Waals surface area contributed by atoms with Crippen LogP contribution in [0.5, 0.6) is 0 Å². The third-order valence-electron chi connectivity index (χ3n) is 3.26. The van der Waals surface area contributed by atoms with Crippen LogP contribution < -0.4 is 5.32 Å². The van der Waals surface area contributed by atoms with Crippen molar-refractivity contribution in [3.05, 3.63) is 36.5 Å². The molecule has 0 radical (unpaired) electrons. The number of hydrogen-bond donors (Lipinski definition) is 1. The summed E-state index contributed by atoms with van der Waals surface area (Å²) in [5, 5.41) is 15.7. The molecule has 0 aliphatic carbocycles. The molecule has 3 rings (SSSR count). The molecule has 0 aromatic carbocycles. The maximum Gasteiger partial charge on any atom is 0.152 e. The van der Waals surface area contributed by atoms with E-state index in [4.69, 9.17) is 0 Å². The van der Waals surface area contributed by atoms with E-state index < -0.39 is 0 Å². The molecular formula is C14H19N7. The fraction of sp³-hybridized carbons (Fsp3) is 0.429. The van der Waals surface area contributed by atoms with Crippen molar-refractivity contribution in [2.75, 3.05) is 11.9 Å². The van der Waals surface area contributed by atoms with Crippen molar-refractivity contribution >= 4 is 11.3 Å². The molecule has 1 N–H and O–H groups in total. The van der Waals surface area contributed by atoms with Gasteiger partial charge in [0.05, 0.1) is 18.4 Å². The van der Waals surface area contributed by atoms with Gasteiger partial charge in [0.1, 0.15) is 5.52 Å². The van der Waals surface area contributed by atoms with Crippen molar-refractivity contribution < 1.29 is 0 Å². The van der Waals surface area contributed by atoms with Crippen LogP contribution in [-0.2, 0) is 12.0 Å². The largest absolute Gasteiger partial charge is 0.366 e. The summed E-state index contributed by atoms with van der Waals surface area (Å²) >= 11 is 0. The summed E-state index contributed by atoms with van der Waals surface area (Å²) in [5.41, 5.74) is 2.06. The number of fused-ring (bicyclic) bond motifs is 1. The quantitative estimate of drug-likeness (QED) is 0.790. The van der Waals surface area contributed by atoms with E-state index in [9.17, 15) is 0 Å². The molecule has 7 heteroatoms. The Morgan fingerprint density at radius 1 is 1.19 bits per heavy atom. The molecule has 3 heterocycles. The second-order valence-corrected chi connectivity index (χ2v) is 5.98. The van der Waals surface area contributed by atoms with Gasteiger partial charge in [0.2, 0.25) is 0 Å². The molecule has 3 aromatic heterocycles. The predicted molar refractivity (Wildman–Crippen MR) is 80.2 cm³/mol. The Kier molecular flexibility index (Phi) is 3.32. The van der Waals surface area contributed by atoms with Gasteiger partial charge in [0, 0.05) is 30.6 Å². The standard InChI is InChI=1S/C14H19N7/c1-14(2,3)12-10-11-13(16-5-9-21(11)18-12)15-4-7-20-8-6-17-19-20/h5-6,8-10H,4,7H2,1-3H3,(H,15,16). The van der Waals surface area contributed by atoms with Crippen molar-refractivity contribution in [2.24, 2.45) is 0 Å². The van der Waals surface area contributed by atoms with Crippen LogP contribution in [0.15, 0.2) is 30.9 Å². The highest BCUT2D eigenvalue weighted by Gasteiger charge is 2.18. The average Bonchev–Trinajstić information content (AvgIpc) is 3.06. The first-order valence-corrected chi connectivity index (χ1v) is 6.97. The van der Waals surface area contributed by atoms with Crippen LogP contribution in [0.2, 0.25) is 0 Å². The molecule has 0 saturated carbocycles. The lowest BCUT2D eigenvalue weighted by Crippen LogP contribution is -2.12. The average molecular weight is 285 g/mol. The fourth-order valence-electron chi connectivity index (χ4n) is 2.07. The third-order valence-corrected chi connectivity index (χ3v) is 3.26. The van der Waals surface area contributed by atoms with Crippen molar-refractivity contribution in [1.29, 1.82) is 0 Å². The third kappa shape index (κ3) is 2.86. The zero-order valence-electron chi connectivity index (χ0n) is 12.5. The van der Waals surface area contributed by atoms with E-state index in [2.05, 4.69) is 52.5 Å². The van der Waals surface area contributed by atoms with Gasteiger partial charge in [-0.1, -0.05) is 26.0 Å². The van der Waals surface area contributed by atoms with Crippen molar-refractivity contribution in [3.8, 4) is 0 Å². The van der Waals surface area contributed by atoms with Gasteiger partial charge in [0.25, 0.3) is 0 Å². The molecule has 7 nitrogen and oxygen atoms in total. The minimum Gasteiger partial charge on any atom is -0.366 e. The molecule has 0 bridgehead atoms. The Hall–Kier alpha value is -2.44. The molecule has 0 aliphatic heterocycles. The van der Waals surface area contributed by atoms with E-state index >= 15 is 0 Å². The number of rotatable bonds is 4. The lowest BCUT2D eigenvalue weighted by molar-refractivity contribution is 0.562. The highest BCUT2D eigenvalue weighted by Crippen LogP contribution is 2.24. The second kappa shape index (κ2) is 5.16. The maximum absolute atomic E-state index is 4.61. The van der Waals surface area contributed by atoms with Crippen molar-refractivity contribution in [3.63, 3.8) is 0 Å². The lowest BCUT2D eigenvalue weighted by Gasteiger charge is -2.13. The Bertz CT molecular complexity index is 721. The maximum atomic E-state index is 4.61.